The zero-order chi connectivity index (χ0) is 22.8. The average Bonchev–Trinajstić information content (AvgIpc) is 3.44. The van der Waals surface area contributed by atoms with Gasteiger partial charge in [-0.1, -0.05) is 30.4 Å². The van der Waals surface area contributed by atoms with Crippen LogP contribution in [0.5, 0.6) is 0 Å². The molecule has 8 nitrogen and oxygen atoms in total. The second kappa shape index (κ2) is 9.03. The van der Waals surface area contributed by atoms with E-state index < -0.39 is 6.55 Å². The topological polar surface area (TPSA) is 86.7 Å². The minimum atomic E-state index is -2.72. The first-order chi connectivity index (χ1) is 15.4. The first kappa shape index (κ1) is 21.9. The Hall–Kier alpha value is -3.34. The number of hydrogen-bond donors (Lipinski definition) is 1. The summed E-state index contributed by atoms with van der Waals surface area (Å²) in [5, 5.41) is 3.00. The number of nitrogens with zero attached hydrogens (tertiary/aromatic N) is 5. The van der Waals surface area contributed by atoms with E-state index in [1.54, 1.807) is 16.1 Å². The molecule has 1 N–H and O–H groups in total. The summed E-state index contributed by atoms with van der Waals surface area (Å²) in [6, 6.07) is 7.50. The van der Waals surface area contributed by atoms with Crippen LogP contribution < -0.4 is 11.0 Å². The molecule has 0 aliphatic carbocycles. The number of nitrogens with one attached hydrogen (secondary N) is 1. The highest BCUT2D eigenvalue weighted by molar-refractivity contribution is 7.19. The third-order valence-corrected chi connectivity index (χ3v) is 6.13. The molecule has 1 amide bonds. The van der Waals surface area contributed by atoms with Crippen molar-refractivity contribution in [2.75, 3.05) is 5.32 Å². The molecule has 11 heteroatoms. The Labute approximate surface area is 186 Å². The summed E-state index contributed by atoms with van der Waals surface area (Å²) >= 11 is 1.08. The van der Waals surface area contributed by atoms with Gasteiger partial charge in [0.1, 0.15) is 0 Å². The van der Waals surface area contributed by atoms with Crippen molar-refractivity contribution in [2.24, 2.45) is 0 Å². The van der Waals surface area contributed by atoms with E-state index in [-0.39, 0.29) is 30.4 Å². The Balaban J connectivity index is 1.50. The smallest absolute Gasteiger partial charge is 0.302 e. The van der Waals surface area contributed by atoms with Crippen molar-refractivity contribution < 1.29 is 13.6 Å². The van der Waals surface area contributed by atoms with Crippen LogP contribution in [0.3, 0.4) is 0 Å². The molecule has 0 radical (unpaired) electrons. The maximum Gasteiger partial charge on any atom is 0.329 e. The summed E-state index contributed by atoms with van der Waals surface area (Å²) in [5.41, 5.74) is 1.98. The second-order valence-corrected chi connectivity index (χ2v) is 8.24. The van der Waals surface area contributed by atoms with Gasteiger partial charge in [0, 0.05) is 31.9 Å². The summed E-state index contributed by atoms with van der Waals surface area (Å²) in [5.74, 6) is -0.215. The number of amides is 1. The summed E-state index contributed by atoms with van der Waals surface area (Å²) in [6.45, 7) is 1.78. The summed E-state index contributed by atoms with van der Waals surface area (Å²) in [7, 11) is 0. The maximum absolute atomic E-state index is 13.2. The van der Waals surface area contributed by atoms with E-state index in [1.807, 2.05) is 31.2 Å². The molecule has 4 rings (SSSR count). The van der Waals surface area contributed by atoms with Crippen molar-refractivity contribution in [2.45, 2.75) is 46.3 Å². The van der Waals surface area contributed by atoms with Gasteiger partial charge in [0.05, 0.1) is 21.6 Å². The Morgan fingerprint density at radius 3 is 2.53 bits per heavy atom. The number of carbonyl (C=O) groups excluding carboxylic acids is 1. The minimum absolute atomic E-state index is 0.0691. The Morgan fingerprint density at radius 1 is 1.19 bits per heavy atom. The first-order valence-corrected chi connectivity index (χ1v) is 11.0. The van der Waals surface area contributed by atoms with E-state index in [4.69, 9.17) is 0 Å². The lowest BCUT2D eigenvalue weighted by atomic mass is 10.3. The number of fused-ring (bicyclic) bond motifs is 1. The Bertz CT molecular complexity index is 1320. The van der Waals surface area contributed by atoms with Gasteiger partial charge in [-0.3, -0.25) is 18.5 Å². The van der Waals surface area contributed by atoms with Crippen LogP contribution in [-0.4, -0.2) is 29.6 Å². The molecule has 4 aromatic rings. The lowest BCUT2D eigenvalue weighted by Gasteiger charge is -2.04. The van der Waals surface area contributed by atoms with Crippen molar-refractivity contribution in [1.29, 1.82) is 0 Å². The van der Waals surface area contributed by atoms with Crippen molar-refractivity contribution in [3.05, 3.63) is 52.8 Å². The number of carbonyl (C=O) groups is 1. The van der Waals surface area contributed by atoms with E-state index >= 15 is 0 Å². The molecule has 1 aromatic carbocycles. The highest BCUT2D eigenvalue weighted by Gasteiger charge is 2.20. The number of anilines is 1. The number of para-hydroxylation sites is 2. The molecule has 0 bridgehead atoms. The maximum atomic E-state index is 13.2. The number of benzene rings is 1. The van der Waals surface area contributed by atoms with Gasteiger partial charge in [-0.15, -0.1) is 0 Å². The monoisotopic (exact) mass is 460 g/mol. The lowest BCUT2D eigenvalue weighted by molar-refractivity contribution is -0.116. The minimum Gasteiger partial charge on any atom is -0.302 e. The van der Waals surface area contributed by atoms with Gasteiger partial charge in [-0.25, -0.2) is 14.8 Å². The van der Waals surface area contributed by atoms with Crippen molar-refractivity contribution >= 4 is 33.4 Å². The lowest BCUT2D eigenvalue weighted by Crippen LogP contribution is -2.26. The summed E-state index contributed by atoms with van der Waals surface area (Å²) < 4.78 is 30.4. The van der Waals surface area contributed by atoms with E-state index in [2.05, 4.69) is 15.3 Å². The van der Waals surface area contributed by atoms with Crippen LogP contribution in [-0.2, 0) is 17.9 Å². The highest BCUT2D eigenvalue weighted by Crippen LogP contribution is 2.33. The third kappa shape index (κ3) is 4.07. The standard InChI is InChI=1S/C21H22F2N6O2S/c1-3-10-27-14-6-4-5-7-15(14)28(21(27)31)11-8-16(30)26-20-25-13(2)17(32-20)18-24-9-12-29(18)19(22)23/h4-7,9,12,19H,3,8,10-11H2,1-2H3,(H,25,26,30). The van der Waals surface area contributed by atoms with Gasteiger partial charge >= 0.3 is 12.2 Å². The van der Waals surface area contributed by atoms with Gasteiger partial charge < -0.3 is 5.32 Å². The number of hydrogen-bond acceptors (Lipinski definition) is 5. The molecule has 3 heterocycles. The second-order valence-electron chi connectivity index (χ2n) is 7.24. The molecule has 0 aliphatic rings. The molecule has 0 saturated carbocycles. The molecule has 0 atom stereocenters. The Morgan fingerprint density at radius 2 is 1.88 bits per heavy atom. The molecule has 0 spiro atoms. The number of aryl methyl sites for hydroxylation is 3. The van der Waals surface area contributed by atoms with E-state index in [1.165, 1.54) is 12.4 Å². The van der Waals surface area contributed by atoms with Crippen LogP contribution >= 0.6 is 11.3 Å². The van der Waals surface area contributed by atoms with Crippen LogP contribution in [0.15, 0.2) is 41.5 Å². The van der Waals surface area contributed by atoms with Gasteiger partial charge in [-0.2, -0.15) is 8.78 Å². The normalized spacial score (nSPS) is 11.5. The molecule has 32 heavy (non-hydrogen) atoms. The number of imidazole rings is 2. The van der Waals surface area contributed by atoms with Gasteiger partial charge in [0.2, 0.25) is 5.91 Å². The van der Waals surface area contributed by atoms with Crippen LogP contribution in [0.4, 0.5) is 13.9 Å². The molecule has 0 unspecified atom stereocenters. The SMILES string of the molecule is CCCn1c(=O)n(CCC(=O)Nc2nc(C)c(-c3nccn3C(F)F)s2)c2ccccc21. The molecule has 0 fully saturated rings. The van der Waals surface area contributed by atoms with Gasteiger partial charge in [0.15, 0.2) is 11.0 Å². The molecule has 3 aromatic heterocycles. The molecular weight excluding hydrogens is 438 g/mol. The molecule has 168 valence electrons. The van der Waals surface area contributed by atoms with Crippen LogP contribution in [0.2, 0.25) is 0 Å². The fraction of sp³-hybridized carbons (Fsp3) is 0.333. The third-order valence-electron chi connectivity index (χ3n) is 5.06. The zero-order valence-electron chi connectivity index (χ0n) is 17.6. The Kier molecular flexibility index (Phi) is 6.17. The van der Waals surface area contributed by atoms with Crippen LogP contribution in [0.1, 0.15) is 32.0 Å². The molecule has 0 aliphatic heterocycles. The largest absolute Gasteiger partial charge is 0.329 e. The van der Waals surface area contributed by atoms with Crippen LogP contribution in [0.25, 0.3) is 21.7 Å². The number of rotatable bonds is 8. The van der Waals surface area contributed by atoms with Crippen LogP contribution in [0, 0.1) is 6.92 Å². The van der Waals surface area contributed by atoms with Crippen molar-refractivity contribution in [3.8, 4) is 10.7 Å². The number of halogens is 2. The van der Waals surface area contributed by atoms with E-state index in [0.717, 1.165) is 33.4 Å². The predicted octanol–water partition coefficient (Wildman–Crippen LogP) is 4.27. The number of alkyl halides is 2. The average molecular weight is 461 g/mol. The summed E-state index contributed by atoms with van der Waals surface area (Å²) in [4.78, 5) is 34.1. The molecule has 0 saturated heterocycles. The number of thiazole rings is 1. The van der Waals surface area contributed by atoms with E-state index in [0.29, 0.717) is 22.2 Å². The van der Waals surface area contributed by atoms with Crippen molar-refractivity contribution in [3.63, 3.8) is 0 Å². The number of aromatic nitrogens is 5. The molecular formula is C21H22F2N6O2S. The van der Waals surface area contributed by atoms with Gasteiger partial charge in [-0.05, 0) is 25.5 Å². The fourth-order valence-electron chi connectivity index (χ4n) is 3.63. The first-order valence-electron chi connectivity index (χ1n) is 10.2. The van der Waals surface area contributed by atoms with Crippen molar-refractivity contribution in [1.82, 2.24) is 23.7 Å². The van der Waals surface area contributed by atoms with E-state index in [9.17, 15) is 18.4 Å². The van der Waals surface area contributed by atoms with Gasteiger partial charge in [0.25, 0.3) is 0 Å². The predicted molar refractivity (Wildman–Crippen MR) is 119 cm³/mol. The zero-order valence-corrected chi connectivity index (χ0v) is 18.4. The quantitative estimate of drug-likeness (QED) is 0.426. The highest BCUT2D eigenvalue weighted by atomic mass is 32.1. The summed E-state index contributed by atoms with van der Waals surface area (Å²) in [6.07, 6.45) is 3.39. The fourth-order valence-corrected chi connectivity index (χ4v) is 4.61.